The summed E-state index contributed by atoms with van der Waals surface area (Å²) in [7, 11) is 0. The minimum Gasteiger partial charge on any atom is -0.476 e. The minimum absolute atomic E-state index is 0.158. The maximum Gasteiger partial charge on any atom is 0.356 e. The number of hydrogen-bond acceptors (Lipinski definition) is 4. The fourth-order valence-corrected chi connectivity index (χ4v) is 1.02. The number of hydrogen-bond donors (Lipinski definition) is 1. The van der Waals surface area contributed by atoms with Crippen LogP contribution in [0.3, 0.4) is 0 Å². The average molecular weight is 199 g/mol. The molecule has 2 rings (SSSR count). The molecule has 0 amide bonds. The van der Waals surface area contributed by atoms with Crippen molar-refractivity contribution in [2.75, 3.05) is 0 Å². The van der Waals surface area contributed by atoms with E-state index in [9.17, 15) is 4.79 Å². The highest BCUT2D eigenvalue weighted by Crippen LogP contribution is 2.06. The lowest BCUT2D eigenvalue weighted by atomic mass is 10.5. The summed E-state index contributed by atoms with van der Waals surface area (Å²) in [5.74, 6) is -0.973. The quantitative estimate of drug-likeness (QED) is 0.721. The predicted octanol–water partition coefficient (Wildman–Crippen LogP) is 0.476. The van der Waals surface area contributed by atoms with Crippen LogP contribution in [0.1, 0.15) is 10.5 Å². The summed E-state index contributed by atoms with van der Waals surface area (Å²) >= 11 is 5.56. The third kappa shape index (κ3) is 1.31. The largest absolute Gasteiger partial charge is 0.476 e. The van der Waals surface area contributed by atoms with E-state index in [0.29, 0.717) is 0 Å². The smallest absolute Gasteiger partial charge is 0.356 e. The molecule has 0 saturated carbocycles. The second-order valence-electron chi connectivity index (χ2n) is 2.25. The summed E-state index contributed by atoms with van der Waals surface area (Å²) in [5.41, 5.74) is -0.158. The first-order valence-corrected chi connectivity index (χ1v) is 3.66. The van der Waals surface area contributed by atoms with Gasteiger partial charge >= 0.3 is 5.97 Å². The zero-order valence-electron chi connectivity index (χ0n) is 6.18. The third-order valence-corrected chi connectivity index (χ3v) is 1.57. The Morgan fingerprint density at radius 2 is 2.31 bits per heavy atom. The van der Waals surface area contributed by atoms with Crippen molar-refractivity contribution >= 4 is 23.3 Å². The molecule has 2 aromatic rings. The second kappa shape index (κ2) is 2.67. The summed E-state index contributed by atoms with van der Waals surface area (Å²) in [5, 5.41) is 12.6. The molecule has 2 aromatic heterocycles. The topological polar surface area (TPSA) is 80.4 Å². The van der Waals surface area contributed by atoms with E-state index in [4.69, 9.17) is 16.7 Å². The summed E-state index contributed by atoms with van der Waals surface area (Å²) in [6.07, 6.45) is 2.57. The van der Waals surface area contributed by atoms with Gasteiger partial charge in [-0.1, -0.05) is 11.6 Å². The minimum atomic E-state index is -1.14. The number of carbonyl (C=O) groups is 1. The van der Waals surface area contributed by atoms with Crippen LogP contribution in [0.4, 0.5) is 0 Å². The van der Waals surface area contributed by atoms with Gasteiger partial charge in [-0.15, -0.1) is 0 Å². The van der Waals surface area contributed by atoms with Crippen LogP contribution in [0.15, 0.2) is 12.4 Å². The van der Waals surface area contributed by atoms with E-state index < -0.39 is 5.97 Å². The number of halogens is 1. The summed E-state index contributed by atoms with van der Waals surface area (Å²) in [4.78, 5) is 17.9. The van der Waals surface area contributed by atoms with E-state index in [2.05, 4.69) is 15.1 Å². The van der Waals surface area contributed by atoms with Crippen molar-refractivity contribution in [1.29, 1.82) is 0 Å². The molecular weight excluding hydrogens is 196 g/mol. The maximum atomic E-state index is 10.5. The van der Waals surface area contributed by atoms with E-state index in [1.165, 1.54) is 10.7 Å². The lowest BCUT2D eigenvalue weighted by Gasteiger charge is -1.92. The molecule has 13 heavy (non-hydrogen) atoms. The first-order chi connectivity index (χ1) is 6.16. The van der Waals surface area contributed by atoms with Gasteiger partial charge in [0.05, 0.1) is 12.4 Å². The molecule has 0 bridgehead atoms. The molecule has 0 fully saturated rings. The van der Waals surface area contributed by atoms with Gasteiger partial charge in [0.15, 0.2) is 10.8 Å². The Labute approximate surface area is 76.8 Å². The molecule has 0 radical (unpaired) electrons. The molecule has 6 nitrogen and oxygen atoms in total. The molecule has 0 unspecified atom stereocenters. The molecule has 0 saturated heterocycles. The molecule has 0 aliphatic carbocycles. The Morgan fingerprint density at radius 1 is 1.54 bits per heavy atom. The van der Waals surface area contributed by atoms with Crippen LogP contribution < -0.4 is 0 Å². The average Bonchev–Trinajstić information content (AvgIpc) is 2.42. The summed E-state index contributed by atoms with van der Waals surface area (Å²) < 4.78 is 1.30. The van der Waals surface area contributed by atoms with Crippen molar-refractivity contribution < 1.29 is 9.90 Å². The number of carboxylic acids is 1. The molecule has 0 aromatic carbocycles. The molecule has 0 atom stereocenters. The zero-order chi connectivity index (χ0) is 9.42. The predicted molar refractivity (Wildman–Crippen MR) is 42.8 cm³/mol. The number of imidazole rings is 1. The molecule has 2 heterocycles. The molecule has 0 aliphatic rings. The number of nitrogens with zero attached hydrogens (tertiary/aromatic N) is 4. The molecule has 7 heteroatoms. The SMILES string of the molecule is O=C(O)c1cnn2cc(Cl)nc2n1. The fourth-order valence-electron chi connectivity index (χ4n) is 0.852. The van der Waals surface area contributed by atoms with Crippen LogP contribution in [0.5, 0.6) is 0 Å². The van der Waals surface area contributed by atoms with E-state index >= 15 is 0 Å². The van der Waals surface area contributed by atoms with E-state index in [-0.39, 0.29) is 16.6 Å². The van der Waals surface area contributed by atoms with E-state index in [1.807, 2.05) is 0 Å². The van der Waals surface area contributed by atoms with Gasteiger partial charge in [0.2, 0.25) is 0 Å². The van der Waals surface area contributed by atoms with E-state index in [0.717, 1.165) is 6.20 Å². The van der Waals surface area contributed by atoms with E-state index in [1.54, 1.807) is 0 Å². The van der Waals surface area contributed by atoms with Gasteiger partial charge in [0.25, 0.3) is 5.78 Å². The monoisotopic (exact) mass is 198 g/mol. The highest BCUT2D eigenvalue weighted by molar-refractivity contribution is 6.29. The number of aromatic nitrogens is 4. The maximum absolute atomic E-state index is 10.5. The van der Waals surface area contributed by atoms with Crippen molar-refractivity contribution in [2.45, 2.75) is 0 Å². The Kier molecular flexibility index (Phi) is 1.63. The first-order valence-electron chi connectivity index (χ1n) is 3.28. The normalized spacial score (nSPS) is 10.5. The van der Waals surface area contributed by atoms with Crippen molar-refractivity contribution in [2.24, 2.45) is 0 Å². The Balaban J connectivity index is 2.67. The van der Waals surface area contributed by atoms with Crippen LogP contribution in [0, 0.1) is 0 Å². The molecule has 0 spiro atoms. The van der Waals surface area contributed by atoms with Crippen molar-refractivity contribution in [3.63, 3.8) is 0 Å². The van der Waals surface area contributed by atoms with Crippen LogP contribution in [0.25, 0.3) is 5.78 Å². The number of carboxylic acid groups (broad SMARTS) is 1. The second-order valence-corrected chi connectivity index (χ2v) is 2.64. The van der Waals surface area contributed by atoms with Gasteiger partial charge in [-0.05, 0) is 0 Å². The Hall–Kier alpha value is -1.69. The lowest BCUT2D eigenvalue weighted by molar-refractivity contribution is 0.0690. The number of fused-ring (bicyclic) bond motifs is 1. The molecule has 1 N–H and O–H groups in total. The highest BCUT2D eigenvalue weighted by atomic mass is 35.5. The fraction of sp³-hybridized carbons (Fsp3) is 0. The van der Waals surface area contributed by atoms with Crippen LogP contribution in [-0.4, -0.2) is 30.7 Å². The summed E-state index contributed by atoms with van der Waals surface area (Å²) in [6.45, 7) is 0. The summed E-state index contributed by atoms with van der Waals surface area (Å²) in [6, 6.07) is 0. The van der Waals surface area contributed by atoms with Gasteiger partial charge in [-0.25, -0.2) is 14.3 Å². The third-order valence-electron chi connectivity index (χ3n) is 1.38. The zero-order valence-corrected chi connectivity index (χ0v) is 6.93. The standard InChI is InChI=1S/C6H3ClN4O2/c7-4-2-11-6(10-4)9-3(1-8-11)5(12)13/h1-2H,(H,12,13). The number of aromatic carboxylic acids is 1. The first kappa shape index (κ1) is 7.93. The van der Waals surface area contributed by atoms with Crippen LogP contribution >= 0.6 is 11.6 Å². The van der Waals surface area contributed by atoms with Gasteiger partial charge in [0, 0.05) is 0 Å². The Morgan fingerprint density at radius 3 is 3.00 bits per heavy atom. The number of rotatable bonds is 1. The molecule has 66 valence electrons. The van der Waals surface area contributed by atoms with Crippen molar-refractivity contribution in [1.82, 2.24) is 19.6 Å². The molecular formula is C6H3ClN4O2. The highest BCUT2D eigenvalue weighted by Gasteiger charge is 2.08. The molecule has 0 aliphatic heterocycles. The van der Waals surface area contributed by atoms with Crippen LogP contribution in [0.2, 0.25) is 5.15 Å². The van der Waals surface area contributed by atoms with Gasteiger partial charge in [-0.2, -0.15) is 10.1 Å². The van der Waals surface area contributed by atoms with Crippen molar-refractivity contribution in [3.05, 3.63) is 23.2 Å². The van der Waals surface area contributed by atoms with Gasteiger partial charge < -0.3 is 5.11 Å². The van der Waals surface area contributed by atoms with Gasteiger partial charge in [-0.3, -0.25) is 0 Å². The van der Waals surface area contributed by atoms with Crippen LogP contribution in [-0.2, 0) is 0 Å². The lowest BCUT2D eigenvalue weighted by Crippen LogP contribution is -2.04. The Bertz CT molecular complexity index is 480. The van der Waals surface area contributed by atoms with Crippen molar-refractivity contribution in [3.8, 4) is 0 Å². The van der Waals surface area contributed by atoms with Gasteiger partial charge in [0.1, 0.15) is 0 Å².